The number of benzene rings is 1. The van der Waals surface area contributed by atoms with Crippen molar-refractivity contribution >= 4 is 40.0 Å². The van der Waals surface area contributed by atoms with Crippen molar-refractivity contribution in [3.63, 3.8) is 0 Å². The van der Waals surface area contributed by atoms with Crippen molar-refractivity contribution in [2.24, 2.45) is 0 Å². The Morgan fingerprint density at radius 3 is 2.54 bits per heavy atom. The third kappa shape index (κ3) is 4.17. The highest BCUT2D eigenvalue weighted by molar-refractivity contribution is 14.1. The normalized spacial score (nSPS) is 10.7. The van der Waals surface area contributed by atoms with Crippen LogP contribution in [0.1, 0.15) is 43.5 Å². The number of carbonyl (C=O) groups is 1. The van der Waals surface area contributed by atoms with Gasteiger partial charge in [0.05, 0.1) is 5.56 Å². The fourth-order valence-corrected chi connectivity index (χ4v) is 3.31. The van der Waals surface area contributed by atoms with E-state index in [0.717, 1.165) is 9.99 Å². The summed E-state index contributed by atoms with van der Waals surface area (Å²) in [6, 6.07) is 7.17. The number of rotatable bonds is 7. The fraction of sp³-hybridized carbons (Fsp3) is 0.389. The van der Waals surface area contributed by atoms with Crippen molar-refractivity contribution in [3.8, 4) is 0 Å². The van der Waals surface area contributed by atoms with Gasteiger partial charge < -0.3 is 10.6 Å². The molecule has 0 aliphatic rings. The minimum absolute atomic E-state index is 0.0241. The van der Waals surface area contributed by atoms with E-state index in [2.05, 4.69) is 27.6 Å². The van der Waals surface area contributed by atoms with Crippen LogP contribution in [0.2, 0.25) is 0 Å². The van der Waals surface area contributed by atoms with E-state index in [9.17, 15) is 14.4 Å². The van der Waals surface area contributed by atoms with Gasteiger partial charge >= 0.3 is 5.69 Å². The molecule has 0 spiro atoms. The molecular weight excluding hydrogens is 447 g/mol. The van der Waals surface area contributed by atoms with Crippen molar-refractivity contribution < 1.29 is 4.79 Å². The molecule has 0 fully saturated rings. The van der Waals surface area contributed by atoms with E-state index >= 15 is 0 Å². The SMILES string of the molecule is CCCCN(C(=O)c1ccccc1I)c1c(N)n(CCC)c(=O)[nH]c1=O. The van der Waals surface area contributed by atoms with E-state index in [4.69, 9.17) is 5.73 Å². The zero-order chi connectivity index (χ0) is 19.3. The zero-order valence-electron chi connectivity index (χ0n) is 14.9. The molecule has 140 valence electrons. The van der Waals surface area contributed by atoms with Crippen LogP contribution < -0.4 is 21.9 Å². The number of nitrogens with zero attached hydrogens (tertiary/aromatic N) is 2. The summed E-state index contributed by atoms with van der Waals surface area (Å²) in [5, 5.41) is 0. The number of aromatic nitrogens is 2. The van der Waals surface area contributed by atoms with E-state index in [1.54, 1.807) is 12.1 Å². The van der Waals surface area contributed by atoms with Crippen LogP contribution in [-0.4, -0.2) is 22.0 Å². The standard InChI is InChI=1S/C18H23IN4O3/c1-3-5-11-22(17(25)12-8-6-7-9-13(12)19)14-15(20)23(10-4-2)18(26)21-16(14)24/h6-9H,3-5,10-11,20H2,1-2H3,(H,21,24,26). The van der Waals surface area contributed by atoms with Crippen LogP contribution in [0, 0.1) is 3.57 Å². The van der Waals surface area contributed by atoms with Crippen molar-refractivity contribution in [2.75, 3.05) is 17.2 Å². The summed E-state index contributed by atoms with van der Waals surface area (Å²) < 4.78 is 2.09. The number of H-pyrrole nitrogens is 1. The number of nitrogen functional groups attached to an aromatic ring is 1. The summed E-state index contributed by atoms with van der Waals surface area (Å²) in [6.07, 6.45) is 2.23. The molecule has 3 N–H and O–H groups in total. The third-order valence-electron chi connectivity index (χ3n) is 4.02. The molecule has 1 aromatic carbocycles. The Morgan fingerprint density at radius 2 is 1.92 bits per heavy atom. The number of halogens is 1. The summed E-state index contributed by atoms with van der Waals surface area (Å²) >= 11 is 2.09. The van der Waals surface area contributed by atoms with Gasteiger partial charge in [0.25, 0.3) is 11.5 Å². The minimum Gasteiger partial charge on any atom is -0.383 e. The number of hydrogen-bond acceptors (Lipinski definition) is 4. The predicted molar refractivity (Wildman–Crippen MR) is 112 cm³/mol. The molecule has 1 heterocycles. The van der Waals surface area contributed by atoms with E-state index in [-0.39, 0.29) is 17.4 Å². The monoisotopic (exact) mass is 470 g/mol. The van der Waals surface area contributed by atoms with Crippen molar-refractivity contribution in [2.45, 2.75) is 39.7 Å². The van der Waals surface area contributed by atoms with Gasteiger partial charge in [-0.05, 0) is 47.6 Å². The molecule has 0 saturated heterocycles. The average Bonchev–Trinajstić information content (AvgIpc) is 2.61. The smallest absolute Gasteiger partial charge is 0.330 e. The summed E-state index contributed by atoms with van der Waals surface area (Å²) in [5.74, 6) is -0.279. The average molecular weight is 470 g/mol. The predicted octanol–water partition coefficient (Wildman–Crippen LogP) is 2.58. The molecule has 1 aromatic heterocycles. The Balaban J connectivity index is 2.63. The molecule has 7 nitrogen and oxygen atoms in total. The lowest BCUT2D eigenvalue weighted by atomic mass is 10.1. The van der Waals surface area contributed by atoms with Gasteiger partial charge in [-0.1, -0.05) is 32.4 Å². The van der Waals surface area contributed by atoms with Crippen molar-refractivity contribution in [1.82, 2.24) is 9.55 Å². The maximum Gasteiger partial charge on any atom is 0.330 e. The highest BCUT2D eigenvalue weighted by Gasteiger charge is 2.25. The second-order valence-electron chi connectivity index (χ2n) is 5.93. The van der Waals surface area contributed by atoms with Crippen LogP contribution in [0.3, 0.4) is 0 Å². The first kappa shape index (κ1) is 20.2. The van der Waals surface area contributed by atoms with Crippen molar-refractivity contribution in [1.29, 1.82) is 0 Å². The lowest BCUT2D eigenvalue weighted by Crippen LogP contribution is -2.41. The Kier molecular flexibility index (Phi) is 7.01. The van der Waals surface area contributed by atoms with Gasteiger partial charge in [-0.3, -0.25) is 19.1 Å². The highest BCUT2D eigenvalue weighted by atomic mass is 127. The number of carbonyl (C=O) groups excluding carboxylic acids is 1. The number of aromatic amines is 1. The maximum absolute atomic E-state index is 13.2. The number of anilines is 2. The molecule has 0 saturated carbocycles. The first-order valence-corrected chi connectivity index (χ1v) is 9.69. The van der Waals surface area contributed by atoms with E-state index in [1.165, 1.54) is 9.47 Å². The summed E-state index contributed by atoms with van der Waals surface area (Å²) in [4.78, 5) is 41.4. The lowest BCUT2D eigenvalue weighted by molar-refractivity contribution is 0.0985. The molecule has 26 heavy (non-hydrogen) atoms. The molecule has 0 aliphatic carbocycles. The van der Waals surface area contributed by atoms with Gasteiger partial charge in [0.2, 0.25) is 0 Å². The molecule has 0 bridgehead atoms. The maximum atomic E-state index is 13.2. The molecule has 8 heteroatoms. The molecule has 0 atom stereocenters. The van der Waals surface area contributed by atoms with Gasteiger partial charge in [-0.15, -0.1) is 0 Å². The molecule has 2 aromatic rings. The molecule has 2 rings (SSSR count). The van der Waals surface area contributed by atoms with Crippen LogP contribution in [0.15, 0.2) is 33.9 Å². The second-order valence-corrected chi connectivity index (χ2v) is 7.10. The summed E-state index contributed by atoms with van der Waals surface area (Å²) in [5.41, 5.74) is 5.48. The van der Waals surface area contributed by atoms with E-state index in [1.807, 2.05) is 26.0 Å². The molecule has 0 aliphatic heterocycles. The number of hydrogen-bond donors (Lipinski definition) is 2. The van der Waals surface area contributed by atoms with Crippen LogP contribution in [0.4, 0.5) is 11.5 Å². The Labute approximate surface area is 165 Å². The summed E-state index contributed by atoms with van der Waals surface area (Å²) in [6.45, 7) is 4.62. The third-order valence-corrected chi connectivity index (χ3v) is 4.96. The summed E-state index contributed by atoms with van der Waals surface area (Å²) in [7, 11) is 0. The quantitative estimate of drug-likeness (QED) is 0.608. The zero-order valence-corrected chi connectivity index (χ0v) is 17.1. The number of unbranched alkanes of at least 4 members (excludes halogenated alkanes) is 1. The number of nitrogens with two attached hydrogens (primary N) is 1. The Hall–Kier alpha value is -2.10. The first-order valence-electron chi connectivity index (χ1n) is 8.61. The van der Waals surface area contributed by atoms with Crippen LogP contribution in [-0.2, 0) is 6.54 Å². The van der Waals surface area contributed by atoms with Gasteiger partial charge in [0, 0.05) is 16.7 Å². The lowest BCUT2D eigenvalue weighted by Gasteiger charge is -2.25. The van der Waals surface area contributed by atoms with Gasteiger partial charge in [0.1, 0.15) is 5.82 Å². The second kappa shape index (κ2) is 9.02. The number of amides is 1. The van der Waals surface area contributed by atoms with E-state index < -0.39 is 11.2 Å². The Morgan fingerprint density at radius 1 is 1.23 bits per heavy atom. The molecule has 0 unspecified atom stereocenters. The van der Waals surface area contributed by atoms with Crippen LogP contribution >= 0.6 is 22.6 Å². The van der Waals surface area contributed by atoms with Crippen LogP contribution in [0.5, 0.6) is 0 Å². The van der Waals surface area contributed by atoms with Gasteiger partial charge in [-0.2, -0.15) is 0 Å². The molecule has 0 radical (unpaired) electrons. The van der Waals surface area contributed by atoms with E-state index in [0.29, 0.717) is 31.5 Å². The molecular formula is C18H23IN4O3. The number of nitrogens with one attached hydrogen (secondary N) is 1. The van der Waals surface area contributed by atoms with Gasteiger partial charge in [0.15, 0.2) is 5.69 Å². The minimum atomic E-state index is -0.643. The topological polar surface area (TPSA) is 101 Å². The van der Waals surface area contributed by atoms with Gasteiger partial charge in [-0.25, -0.2) is 4.79 Å². The largest absolute Gasteiger partial charge is 0.383 e. The highest BCUT2D eigenvalue weighted by Crippen LogP contribution is 2.22. The first-order chi connectivity index (χ1) is 12.4. The fourth-order valence-electron chi connectivity index (χ4n) is 2.69. The van der Waals surface area contributed by atoms with Crippen molar-refractivity contribution in [3.05, 3.63) is 54.2 Å². The molecule has 1 amide bonds. The van der Waals surface area contributed by atoms with Crippen LogP contribution in [0.25, 0.3) is 0 Å². The Bertz CT molecular complexity index is 904.